The third kappa shape index (κ3) is 2.31. The number of aromatic nitrogens is 3. The number of benzene rings is 1. The molecule has 0 radical (unpaired) electrons. The van der Waals surface area contributed by atoms with Crippen molar-refractivity contribution in [3.8, 4) is 0 Å². The van der Waals surface area contributed by atoms with E-state index in [-0.39, 0.29) is 11.8 Å². The summed E-state index contributed by atoms with van der Waals surface area (Å²) in [6.45, 7) is 6.24. The molecule has 0 amide bonds. The minimum atomic E-state index is -0.0432. The molecule has 4 heteroatoms. The van der Waals surface area contributed by atoms with Gasteiger partial charge in [0.2, 0.25) is 0 Å². The van der Waals surface area contributed by atoms with Gasteiger partial charge in [0, 0.05) is 12.0 Å². The third-order valence-corrected chi connectivity index (χ3v) is 3.99. The van der Waals surface area contributed by atoms with E-state index in [1.54, 1.807) is 0 Å². The number of rotatable bonds is 3. The standard InChI is InChI=1S/C17H19N3O/c1-4-12-5-7-13(8-6-12)14-9-15-18-10-19-20(15)17(21)16(14)11(2)3/h5-8,10-11H,4,9H2,1-3H3. The number of hydrogen-bond acceptors (Lipinski definition) is 3. The third-order valence-electron chi connectivity index (χ3n) is 3.99. The van der Waals surface area contributed by atoms with Gasteiger partial charge in [-0.3, -0.25) is 4.79 Å². The van der Waals surface area contributed by atoms with Crippen LogP contribution in [0.5, 0.6) is 0 Å². The maximum atomic E-state index is 12.6. The van der Waals surface area contributed by atoms with Crippen LogP contribution >= 0.6 is 0 Å². The summed E-state index contributed by atoms with van der Waals surface area (Å²) in [5, 5.41) is 4.05. The summed E-state index contributed by atoms with van der Waals surface area (Å²) in [6, 6.07) is 8.47. The number of carbonyl (C=O) groups is 1. The molecule has 3 rings (SSSR count). The number of fused-ring (bicyclic) bond motifs is 1. The monoisotopic (exact) mass is 281 g/mol. The van der Waals surface area contributed by atoms with Gasteiger partial charge in [0.05, 0.1) is 0 Å². The second-order valence-electron chi connectivity index (χ2n) is 5.67. The van der Waals surface area contributed by atoms with Crippen molar-refractivity contribution >= 4 is 11.5 Å². The molecule has 108 valence electrons. The highest BCUT2D eigenvalue weighted by atomic mass is 16.2. The lowest BCUT2D eigenvalue weighted by molar-refractivity contribution is 0.0923. The molecule has 2 heterocycles. The lowest BCUT2D eigenvalue weighted by Crippen LogP contribution is -2.27. The molecule has 0 spiro atoms. The first-order valence-corrected chi connectivity index (χ1v) is 7.37. The van der Waals surface area contributed by atoms with Crippen LogP contribution in [0.25, 0.3) is 5.57 Å². The summed E-state index contributed by atoms with van der Waals surface area (Å²) in [4.78, 5) is 16.8. The first-order valence-electron chi connectivity index (χ1n) is 7.37. The SMILES string of the molecule is CCc1ccc(C2=C(C(C)C)C(=O)n3ncnc3C2)cc1. The van der Waals surface area contributed by atoms with Gasteiger partial charge >= 0.3 is 0 Å². The Morgan fingerprint density at radius 2 is 1.95 bits per heavy atom. The molecule has 0 fully saturated rings. The second-order valence-corrected chi connectivity index (χ2v) is 5.67. The second kappa shape index (κ2) is 5.28. The average Bonchev–Trinajstić information content (AvgIpc) is 2.95. The first-order chi connectivity index (χ1) is 10.1. The lowest BCUT2D eigenvalue weighted by Gasteiger charge is -2.22. The van der Waals surface area contributed by atoms with E-state index >= 15 is 0 Å². The van der Waals surface area contributed by atoms with E-state index in [1.165, 1.54) is 16.6 Å². The van der Waals surface area contributed by atoms with E-state index in [4.69, 9.17) is 0 Å². The van der Waals surface area contributed by atoms with Gasteiger partial charge in [-0.1, -0.05) is 45.0 Å². The quantitative estimate of drug-likeness (QED) is 0.868. The zero-order chi connectivity index (χ0) is 15.0. The van der Waals surface area contributed by atoms with E-state index in [1.807, 2.05) is 0 Å². The summed E-state index contributed by atoms with van der Waals surface area (Å²) in [6.07, 6.45) is 3.13. The molecular formula is C17H19N3O. The molecule has 0 atom stereocenters. The Kier molecular flexibility index (Phi) is 3.45. The highest BCUT2D eigenvalue weighted by molar-refractivity contribution is 6.04. The van der Waals surface area contributed by atoms with E-state index < -0.39 is 0 Å². The first kappa shape index (κ1) is 13.7. The molecule has 0 saturated heterocycles. The van der Waals surface area contributed by atoms with Gasteiger partial charge in [-0.15, -0.1) is 0 Å². The van der Waals surface area contributed by atoms with Crippen LogP contribution in [-0.2, 0) is 12.8 Å². The normalized spacial score (nSPS) is 14.8. The van der Waals surface area contributed by atoms with E-state index in [2.05, 4.69) is 55.1 Å². The molecule has 0 unspecified atom stereocenters. The van der Waals surface area contributed by atoms with Crippen LogP contribution in [0, 0.1) is 5.92 Å². The van der Waals surface area contributed by atoms with Gasteiger partial charge in [-0.05, 0) is 29.0 Å². The van der Waals surface area contributed by atoms with Gasteiger partial charge in [0.25, 0.3) is 5.91 Å². The van der Waals surface area contributed by atoms with Crippen molar-refractivity contribution in [2.45, 2.75) is 33.6 Å². The molecule has 1 aromatic carbocycles. The predicted molar refractivity (Wildman–Crippen MR) is 81.9 cm³/mol. The van der Waals surface area contributed by atoms with Crippen LogP contribution in [-0.4, -0.2) is 20.7 Å². The molecule has 0 aliphatic carbocycles. The van der Waals surface area contributed by atoms with Crippen molar-refractivity contribution < 1.29 is 4.79 Å². The summed E-state index contributed by atoms with van der Waals surface area (Å²) < 4.78 is 1.43. The van der Waals surface area contributed by atoms with Gasteiger partial charge in [-0.2, -0.15) is 9.78 Å². The smallest absolute Gasteiger partial charge is 0.267 e. The Labute approximate surface area is 124 Å². The maximum absolute atomic E-state index is 12.6. The zero-order valence-electron chi connectivity index (χ0n) is 12.6. The largest absolute Gasteiger partial charge is 0.276 e. The molecule has 1 aliphatic rings. The van der Waals surface area contributed by atoms with Gasteiger partial charge in [-0.25, -0.2) is 4.98 Å². The van der Waals surface area contributed by atoms with Crippen molar-refractivity contribution in [3.63, 3.8) is 0 Å². The minimum absolute atomic E-state index is 0.0432. The number of carbonyl (C=O) groups excluding carboxylic acids is 1. The number of nitrogens with zero attached hydrogens (tertiary/aromatic N) is 3. The Morgan fingerprint density at radius 3 is 2.57 bits per heavy atom. The van der Waals surface area contributed by atoms with E-state index in [0.717, 1.165) is 29.0 Å². The maximum Gasteiger partial charge on any atom is 0.276 e. The van der Waals surface area contributed by atoms with Crippen molar-refractivity contribution in [2.24, 2.45) is 5.92 Å². The van der Waals surface area contributed by atoms with E-state index in [0.29, 0.717) is 6.42 Å². The van der Waals surface area contributed by atoms with Gasteiger partial charge < -0.3 is 0 Å². The minimum Gasteiger partial charge on any atom is -0.267 e. The molecule has 4 nitrogen and oxygen atoms in total. The molecule has 0 saturated carbocycles. The molecule has 1 aromatic heterocycles. The molecular weight excluding hydrogens is 262 g/mol. The van der Waals surface area contributed by atoms with Crippen LogP contribution in [0.15, 0.2) is 36.2 Å². The van der Waals surface area contributed by atoms with Crippen molar-refractivity contribution in [2.75, 3.05) is 0 Å². The highest BCUT2D eigenvalue weighted by Gasteiger charge is 2.29. The van der Waals surface area contributed by atoms with Crippen molar-refractivity contribution in [1.29, 1.82) is 0 Å². The van der Waals surface area contributed by atoms with Crippen molar-refractivity contribution in [1.82, 2.24) is 14.8 Å². The molecule has 2 aromatic rings. The lowest BCUT2D eigenvalue weighted by atomic mass is 9.87. The van der Waals surface area contributed by atoms with Crippen LogP contribution in [0.2, 0.25) is 0 Å². The highest BCUT2D eigenvalue weighted by Crippen LogP contribution is 2.31. The fraction of sp³-hybridized carbons (Fsp3) is 0.353. The number of hydrogen-bond donors (Lipinski definition) is 0. The number of aryl methyl sites for hydroxylation is 1. The Bertz CT molecular complexity index is 708. The van der Waals surface area contributed by atoms with E-state index in [9.17, 15) is 4.79 Å². The van der Waals surface area contributed by atoms with Crippen LogP contribution in [0.4, 0.5) is 0 Å². The van der Waals surface area contributed by atoms with Crippen LogP contribution < -0.4 is 0 Å². The molecule has 0 bridgehead atoms. The van der Waals surface area contributed by atoms with Crippen LogP contribution in [0.1, 0.15) is 42.5 Å². The number of allylic oxidation sites excluding steroid dienone is 2. The van der Waals surface area contributed by atoms with Gasteiger partial charge in [0.1, 0.15) is 12.2 Å². The summed E-state index contributed by atoms with van der Waals surface area (Å²) in [5.41, 5.74) is 4.34. The fourth-order valence-corrected chi connectivity index (χ4v) is 2.85. The van der Waals surface area contributed by atoms with Gasteiger partial charge in [0.15, 0.2) is 0 Å². The Morgan fingerprint density at radius 1 is 1.24 bits per heavy atom. The summed E-state index contributed by atoms with van der Waals surface area (Å²) in [5.74, 6) is 0.841. The predicted octanol–water partition coefficient (Wildman–Crippen LogP) is 3.15. The summed E-state index contributed by atoms with van der Waals surface area (Å²) in [7, 11) is 0. The molecule has 1 aliphatic heterocycles. The summed E-state index contributed by atoms with van der Waals surface area (Å²) >= 11 is 0. The van der Waals surface area contributed by atoms with Crippen molar-refractivity contribution in [3.05, 3.63) is 53.1 Å². The Balaban J connectivity index is 2.11. The Hall–Kier alpha value is -2.23. The molecule has 21 heavy (non-hydrogen) atoms. The topological polar surface area (TPSA) is 47.8 Å². The fourth-order valence-electron chi connectivity index (χ4n) is 2.85. The van der Waals surface area contributed by atoms with Crippen LogP contribution in [0.3, 0.4) is 0 Å². The zero-order valence-corrected chi connectivity index (χ0v) is 12.6. The molecule has 0 N–H and O–H groups in total. The average molecular weight is 281 g/mol.